The maximum Gasteiger partial charge on any atom is 0.116 e. The first-order valence-corrected chi connectivity index (χ1v) is 1.60. The predicted molar refractivity (Wildman–Crippen MR) is 25.0 cm³/mol. The smallest absolute Gasteiger partial charge is 0.116 e. The van der Waals surface area contributed by atoms with E-state index >= 15 is 0 Å². The van der Waals surface area contributed by atoms with Crippen molar-refractivity contribution in [3.05, 3.63) is 0 Å². The summed E-state index contributed by atoms with van der Waals surface area (Å²) in [6.45, 7) is 1.44. The molecule has 0 unspecified atom stereocenters. The zero-order valence-electron chi connectivity index (χ0n) is 4.06. The first-order valence-electron chi connectivity index (χ1n) is 1.60. The summed E-state index contributed by atoms with van der Waals surface area (Å²) in [6.07, 6.45) is 0.750. The fourth-order valence-corrected chi connectivity index (χ4v) is 0. The third-order valence-electron chi connectivity index (χ3n) is 0. The van der Waals surface area contributed by atoms with E-state index in [0.29, 0.717) is 0 Å². The standard InChI is InChI=1S/C2H4O.CH6N2/c1-2-3;1-3-2/h2H,1H3;3H,2H2,1H3. The molecule has 0 aromatic rings. The number of carbonyl (C=O) groups is 1. The molecular formula is C3H10N2O. The van der Waals surface area contributed by atoms with Crippen LogP contribution in [-0.4, -0.2) is 13.3 Å². The molecule has 0 aromatic heterocycles. The van der Waals surface area contributed by atoms with Gasteiger partial charge >= 0.3 is 0 Å². The molecule has 0 atom stereocenters. The molecule has 0 aliphatic rings. The average Bonchev–Trinajstić information content (AvgIpc) is 1.39. The fraction of sp³-hybridized carbons (Fsp3) is 0.667. The van der Waals surface area contributed by atoms with E-state index in [1.165, 1.54) is 6.92 Å². The van der Waals surface area contributed by atoms with Gasteiger partial charge in [-0.1, -0.05) is 0 Å². The quantitative estimate of drug-likeness (QED) is 0.234. The number of aldehydes is 1. The van der Waals surface area contributed by atoms with Crippen molar-refractivity contribution in [2.75, 3.05) is 7.05 Å². The number of carbonyl (C=O) groups excluding carboxylic acids is 1. The highest BCUT2D eigenvalue weighted by molar-refractivity contribution is 5.44. The summed E-state index contributed by atoms with van der Waals surface area (Å²) >= 11 is 0. The Morgan fingerprint density at radius 3 is 1.83 bits per heavy atom. The monoisotopic (exact) mass is 90.1 g/mol. The third kappa shape index (κ3) is 143. The lowest BCUT2D eigenvalue weighted by atomic mass is 11.0. The Balaban J connectivity index is 0. The lowest BCUT2D eigenvalue weighted by Gasteiger charge is -1.62. The minimum atomic E-state index is 0.750. The molecule has 0 bridgehead atoms. The minimum absolute atomic E-state index is 0.750. The van der Waals surface area contributed by atoms with Gasteiger partial charge in [-0.05, 0) is 14.0 Å². The molecule has 0 spiro atoms. The Labute approximate surface area is 37.5 Å². The summed E-state index contributed by atoms with van der Waals surface area (Å²) in [6, 6.07) is 0. The summed E-state index contributed by atoms with van der Waals surface area (Å²) < 4.78 is 0. The Morgan fingerprint density at radius 1 is 1.83 bits per heavy atom. The van der Waals surface area contributed by atoms with E-state index in [1.54, 1.807) is 7.05 Å². The average molecular weight is 90.1 g/mol. The highest BCUT2D eigenvalue weighted by atomic mass is 16.1. The molecule has 0 rings (SSSR count). The van der Waals surface area contributed by atoms with E-state index in [1.807, 2.05) is 0 Å². The summed E-state index contributed by atoms with van der Waals surface area (Å²) in [4.78, 5) is 8.81. The van der Waals surface area contributed by atoms with E-state index in [-0.39, 0.29) is 0 Å². The number of hydrogen-bond acceptors (Lipinski definition) is 3. The first-order chi connectivity index (χ1) is 2.83. The van der Waals surface area contributed by atoms with Crippen molar-refractivity contribution in [1.29, 1.82) is 0 Å². The van der Waals surface area contributed by atoms with E-state index < -0.39 is 0 Å². The molecule has 0 heterocycles. The van der Waals surface area contributed by atoms with E-state index in [2.05, 4.69) is 11.3 Å². The second-order valence-corrected chi connectivity index (χ2v) is 0.524. The zero-order chi connectivity index (χ0) is 5.41. The van der Waals surface area contributed by atoms with Gasteiger partial charge in [-0.2, -0.15) is 0 Å². The highest BCUT2D eigenvalue weighted by Crippen LogP contribution is 1.13. The van der Waals surface area contributed by atoms with Crippen LogP contribution < -0.4 is 11.3 Å². The summed E-state index contributed by atoms with van der Waals surface area (Å²) in [5.74, 6) is 4.60. The fourth-order valence-electron chi connectivity index (χ4n) is 0. The molecule has 6 heavy (non-hydrogen) atoms. The molecule has 0 aromatic carbocycles. The molecule has 0 fully saturated rings. The van der Waals surface area contributed by atoms with Crippen molar-refractivity contribution in [2.45, 2.75) is 6.92 Å². The van der Waals surface area contributed by atoms with Gasteiger partial charge in [-0.3, -0.25) is 11.3 Å². The van der Waals surface area contributed by atoms with Crippen molar-refractivity contribution < 1.29 is 4.79 Å². The molecule has 0 radical (unpaired) electrons. The van der Waals surface area contributed by atoms with Gasteiger partial charge in [0.15, 0.2) is 0 Å². The van der Waals surface area contributed by atoms with E-state index in [0.717, 1.165) is 6.29 Å². The molecule has 3 N–H and O–H groups in total. The zero-order valence-corrected chi connectivity index (χ0v) is 4.06. The van der Waals surface area contributed by atoms with Crippen LogP contribution in [0.5, 0.6) is 0 Å². The van der Waals surface area contributed by atoms with Crippen LogP contribution in [0, 0.1) is 0 Å². The molecular weight excluding hydrogens is 80.0 g/mol. The van der Waals surface area contributed by atoms with Gasteiger partial charge in [0.1, 0.15) is 6.29 Å². The predicted octanol–water partition coefficient (Wildman–Crippen LogP) is -0.715. The van der Waals surface area contributed by atoms with Crippen molar-refractivity contribution in [1.82, 2.24) is 5.43 Å². The van der Waals surface area contributed by atoms with Gasteiger partial charge in [0.05, 0.1) is 0 Å². The van der Waals surface area contributed by atoms with Crippen LogP contribution >= 0.6 is 0 Å². The second kappa shape index (κ2) is 23.4. The normalized spacial score (nSPS) is 5.17. The molecule has 0 aliphatic carbocycles. The maximum atomic E-state index is 8.81. The van der Waals surface area contributed by atoms with Crippen molar-refractivity contribution in [3.8, 4) is 0 Å². The van der Waals surface area contributed by atoms with Crippen molar-refractivity contribution in [2.24, 2.45) is 5.84 Å². The maximum absolute atomic E-state index is 8.81. The lowest BCUT2D eigenvalue weighted by Crippen LogP contribution is -2.13. The van der Waals surface area contributed by atoms with Crippen molar-refractivity contribution >= 4 is 6.29 Å². The van der Waals surface area contributed by atoms with Gasteiger partial charge in [0.2, 0.25) is 0 Å². The van der Waals surface area contributed by atoms with Crippen LogP contribution in [0.25, 0.3) is 0 Å². The van der Waals surface area contributed by atoms with E-state index in [4.69, 9.17) is 4.79 Å². The largest absolute Gasteiger partial charge is 0.304 e. The number of rotatable bonds is 0. The van der Waals surface area contributed by atoms with Gasteiger partial charge in [-0.25, -0.2) is 0 Å². The molecule has 3 heteroatoms. The molecule has 0 aliphatic heterocycles. The number of hydrazine groups is 1. The number of nitrogens with two attached hydrogens (primary N) is 1. The highest BCUT2D eigenvalue weighted by Gasteiger charge is 1.24. The molecule has 38 valence electrons. The van der Waals surface area contributed by atoms with Gasteiger partial charge in [0, 0.05) is 0 Å². The van der Waals surface area contributed by atoms with Crippen LogP contribution in [0.1, 0.15) is 6.92 Å². The summed E-state index contributed by atoms with van der Waals surface area (Å²) in [7, 11) is 1.65. The van der Waals surface area contributed by atoms with Gasteiger partial charge < -0.3 is 4.79 Å². The Morgan fingerprint density at radius 2 is 1.83 bits per heavy atom. The topological polar surface area (TPSA) is 55.1 Å². The second-order valence-electron chi connectivity index (χ2n) is 0.524. The summed E-state index contributed by atoms with van der Waals surface area (Å²) in [5, 5.41) is 0. The third-order valence-corrected chi connectivity index (χ3v) is 0. The minimum Gasteiger partial charge on any atom is -0.304 e. The summed E-state index contributed by atoms with van der Waals surface area (Å²) in [5.41, 5.74) is 2.25. The Bertz CT molecular complexity index is 22.8. The van der Waals surface area contributed by atoms with Gasteiger partial charge in [-0.15, -0.1) is 0 Å². The van der Waals surface area contributed by atoms with E-state index in [9.17, 15) is 0 Å². The SMILES string of the molecule is CC=O.CNN. The van der Waals surface area contributed by atoms with Crippen molar-refractivity contribution in [3.63, 3.8) is 0 Å². The molecule has 0 saturated carbocycles. The Hall–Kier alpha value is -0.410. The van der Waals surface area contributed by atoms with Crippen LogP contribution in [-0.2, 0) is 4.79 Å². The Kier molecular flexibility index (Phi) is 35.6. The van der Waals surface area contributed by atoms with Crippen LogP contribution in [0.2, 0.25) is 0 Å². The van der Waals surface area contributed by atoms with Crippen LogP contribution in [0.3, 0.4) is 0 Å². The molecule has 0 amide bonds. The molecule has 3 nitrogen and oxygen atoms in total. The van der Waals surface area contributed by atoms with Gasteiger partial charge in [0.25, 0.3) is 0 Å². The van der Waals surface area contributed by atoms with Crippen LogP contribution in [0.15, 0.2) is 0 Å². The number of hydrogen-bond donors (Lipinski definition) is 2. The number of nitrogens with one attached hydrogen (secondary N) is 1. The first kappa shape index (κ1) is 9.14. The lowest BCUT2D eigenvalue weighted by molar-refractivity contribution is -0.106. The molecule has 0 saturated heterocycles. The van der Waals surface area contributed by atoms with Crippen LogP contribution in [0.4, 0.5) is 0 Å².